The van der Waals surface area contributed by atoms with Gasteiger partial charge in [0.15, 0.2) is 0 Å². The molecule has 3 heteroatoms. The monoisotopic (exact) mass is 240 g/mol. The van der Waals surface area contributed by atoms with E-state index in [4.69, 9.17) is 4.74 Å². The normalized spacial score (nSPS) is 12.2. The number of pyridine rings is 1. The second-order valence-electron chi connectivity index (χ2n) is 4.01. The van der Waals surface area contributed by atoms with Crippen molar-refractivity contribution in [2.75, 3.05) is 7.11 Å². The molecule has 0 bridgehead atoms. The highest BCUT2D eigenvalue weighted by Gasteiger charge is 1.99. The molecule has 2 heterocycles. The maximum absolute atomic E-state index is 5.05. The van der Waals surface area contributed by atoms with E-state index in [0.717, 1.165) is 27.9 Å². The minimum atomic E-state index is 0.860. The Kier molecular flexibility index (Phi) is 3.63. The molecule has 0 radical (unpaired) electrons. The van der Waals surface area contributed by atoms with Crippen molar-refractivity contribution in [1.29, 1.82) is 0 Å². The first-order valence-electron chi connectivity index (χ1n) is 5.72. The van der Waals surface area contributed by atoms with Crippen LogP contribution in [-0.4, -0.2) is 17.1 Å². The van der Waals surface area contributed by atoms with E-state index in [2.05, 4.69) is 22.6 Å². The Morgan fingerprint density at radius 3 is 3.11 bits per heavy atom. The Morgan fingerprint density at radius 2 is 2.33 bits per heavy atom. The molecule has 2 aromatic heterocycles. The van der Waals surface area contributed by atoms with Crippen LogP contribution >= 0.6 is 0 Å². The van der Waals surface area contributed by atoms with Gasteiger partial charge in [-0.2, -0.15) is 0 Å². The Hall–Kier alpha value is -2.29. The smallest absolute Gasteiger partial charge is 0.137 e. The first-order valence-corrected chi connectivity index (χ1v) is 5.72. The summed E-state index contributed by atoms with van der Waals surface area (Å²) in [6, 6.07) is 4.07. The fourth-order valence-electron chi connectivity index (χ4n) is 1.58. The number of hydrogen-bond acceptors (Lipinski definition) is 2. The number of fused-ring (bicyclic) bond motifs is 1. The second-order valence-corrected chi connectivity index (χ2v) is 4.01. The third-order valence-electron chi connectivity index (χ3n) is 2.72. The van der Waals surface area contributed by atoms with Crippen LogP contribution in [0, 0.1) is 0 Å². The van der Waals surface area contributed by atoms with Crippen LogP contribution in [0.1, 0.15) is 12.5 Å². The highest BCUT2D eigenvalue weighted by atomic mass is 16.5. The molecular formula is C15H16N2O. The van der Waals surface area contributed by atoms with E-state index in [-0.39, 0.29) is 0 Å². The maximum Gasteiger partial charge on any atom is 0.137 e. The van der Waals surface area contributed by atoms with Gasteiger partial charge in [0.25, 0.3) is 0 Å². The Labute approximate surface area is 107 Å². The van der Waals surface area contributed by atoms with Gasteiger partial charge >= 0.3 is 0 Å². The molecule has 18 heavy (non-hydrogen) atoms. The molecule has 0 aliphatic rings. The third kappa shape index (κ3) is 2.69. The van der Waals surface area contributed by atoms with Crippen molar-refractivity contribution in [3.8, 4) is 0 Å². The highest BCUT2D eigenvalue weighted by Crippen LogP contribution is 2.18. The van der Waals surface area contributed by atoms with E-state index in [0.29, 0.717) is 0 Å². The van der Waals surface area contributed by atoms with Gasteiger partial charge in [0.1, 0.15) is 5.65 Å². The van der Waals surface area contributed by atoms with Crippen LogP contribution in [-0.2, 0) is 4.74 Å². The molecule has 0 unspecified atom stereocenters. The van der Waals surface area contributed by atoms with Crippen molar-refractivity contribution in [2.45, 2.75) is 6.92 Å². The van der Waals surface area contributed by atoms with Gasteiger partial charge in [-0.1, -0.05) is 18.7 Å². The molecule has 0 amide bonds. The van der Waals surface area contributed by atoms with E-state index < -0.39 is 0 Å². The quantitative estimate of drug-likeness (QED) is 0.654. The van der Waals surface area contributed by atoms with Crippen molar-refractivity contribution in [2.24, 2.45) is 0 Å². The summed E-state index contributed by atoms with van der Waals surface area (Å²) < 4.78 is 5.05. The fourth-order valence-corrected chi connectivity index (χ4v) is 1.58. The lowest BCUT2D eigenvalue weighted by Crippen LogP contribution is -1.83. The minimum Gasteiger partial charge on any atom is -0.501 e. The average Bonchev–Trinajstić information content (AvgIpc) is 2.85. The zero-order chi connectivity index (χ0) is 13.0. The van der Waals surface area contributed by atoms with Gasteiger partial charge in [-0.15, -0.1) is 0 Å². The average molecular weight is 240 g/mol. The lowest BCUT2D eigenvalue weighted by atomic mass is 10.1. The van der Waals surface area contributed by atoms with Gasteiger partial charge in [0.05, 0.1) is 12.9 Å². The van der Waals surface area contributed by atoms with Crippen LogP contribution in [0.5, 0.6) is 0 Å². The van der Waals surface area contributed by atoms with Crippen LogP contribution in [0.4, 0.5) is 0 Å². The Bertz CT molecular complexity index is 620. The Morgan fingerprint density at radius 1 is 1.50 bits per heavy atom. The van der Waals surface area contributed by atoms with Crippen molar-refractivity contribution in [1.82, 2.24) is 9.97 Å². The summed E-state index contributed by atoms with van der Waals surface area (Å²) in [5.41, 5.74) is 2.83. The van der Waals surface area contributed by atoms with Crippen LogP contribution < -0.4 is 0 Å². The van der Waals surface area contributed by atoms with Crippen LogP contribution in [0.3, 0.4) is 0 Å². The third-order valence-corrected chi connectivity index (χ3v) is 2.72. The molecule has 0 aliphatic heterocycles. The van der Waals surface area contributed by atoms with Gasteiger partial charge in [-0.25, -0.2) is 4.98 Å². The largest absolute Gasteiger partial charge is 0.501 e. The van der Waals surface area contributed by atoms with Crippen molar-refractivity contribution < 1.29 is 4.74 Å². The SMILES string of the molecule is C=C(/C=C\C=C(/C)OC)c1cnc2[nH]ccc2c1. The molecule has 3 nitrogen and oxygen atoms in total. The predicted octanol–water partition coefficient (Wildman–Crippen LogP) is 3.68. The summed E-state index contributed by atoms with van der Waals surface area (Å²) in [6.45, 7) is 5.94. The van der Waals surface area contributed by atoms with Crippen molar-refractivity contribution in [3.05, 3.63) is 60.7 Å². The molecule has 0 atom stereocenters. The minimum absolute atomic E-state index is 0.860. The van der Waals surface area contributed by atoms with Gasteiger partial charge in [-0.05, 0) is 30.7 Å². The highest BCUT2D eigenvalue weighted by molar-refractivity contribution is 5.82. The van der Waals surface area contributed by atoms with E-state index in [1.54, 1.807) is 7.11 Å². The van der Waals surface area contributed by atoms with Gasteiger partial charge < -0.3 is 9.72 Å². The van der Waals surface area contributed by atoms with E-state index >= 15 is 0 Å². The summed E-state index contributed by atoms with van der Waals surface area (Å²) in [6.07, 6.45) is 9.46. The standard InChI is InChI=1S/C15H16N2O/c1-11(5-4-6-12(2)18-3)14-9-13-7-8-16-15(13)17-10-14/h4-10H,1H2,2-3H3,(H,16,17)/b5-4-,12-6+. The number of ether oxygens (including phenoxy) is 1. The molecule has 0 spiro atoms. The first-order chi connectivity index (χ1) is 8.70. The number of hydrogen-bond donors (Lipinski definition) is 1. The van der Waals surface area contributed by atoms with E-state index in [9.17, 15) is 0 Å². The number of aromatic amines is 1. The number of allylic oxidation sites excluding steroid dienone is 5. The first kappa shape index (κ1) is 12.2. The topological polar surface area (TPSA) is 37.9 Å². The number of rotatable bonds is 4. The summed E-state index contributed by atoms with van der Waals surface area (Å²) in [5.74, 6) is 0.860. The molecule has 2 rings (SSSR count). The summed E-state index contributed by atoms with van der Waals surface area (Å²) >= 11 is 0. The fraction of sp³-hybridized carbons (Fsp3) is 0.133. The zero-order valence-corrected chi connectivity index (χ0v) is 10.6. The van der Waals surface area contributed by atoms with E-state index in [1.165, 1.54) is 0 Å². The number of aromatic nitrogens is 2. The molecule has 0 aliphatic carbocycles. The molecule has 2 aromatic rings. The van der Waals surface area contributed by atoms with Gasteiger partial charge in [-0.3, -0.25) is 0 Å². The lowest BCUT2D eigenvalue weighted by Gasteiger charge is -2.00. The lowest BCUT2D eigenvalue weighted by molar-refractivity contribution is 0.294. The summed E-state index contributed by atoms with van der Waals surface area (Å²) in [7, 11) is 1.65. The number of H-pyrrole nitrogens is 1. The van der Waals surface area contributed by atoms with Gasteiger partial charge in [0, 0.05) is 23.3 Å². The van der Waals surface area contributed by atoms with E-state index in [1.807, 2.05) is 43.6 Å². The predicted molar refractivity (Wildman–Crippen MR) is 75.0 cm³/mol. The van der Waals surface area contributed by atoms with Crippen LogP contribution in [0.25, 0.3) is 16.6 Å². The number of nitrogens with one attached hydrogen (secondary N) is 1. The number of nitrogens with zero attached hydrogens (tertiary/aromatic N) is 1. The van der Waals surface area contributed by atoms with Gasteiger partial charge in [0.2, 0.25) is 0 Å². The van der Waals surface area contributed by atoms with Crippen LogP contribution in [0.2, 0.25) is 0 Å². The summed E-state index contributed by atoms with van der Waals surface area (Å²) in [4.78, 5) is 7.40. The molecule has 0 saturated carbocycles. The Balaban J connectivity index is 2.18. The molecule has 0 saturated heterocycles. The van der Waals surface area contributed by atoms with Crippen molar-refractivity contribution in [3.63, 3.8) is 0 Å². The maximum atomic E-state index is 5.05. The summed E-state index contributed by atoms with van der Waals surface area (Å²) in [5, 5.41) is 1.09. The molecule has 0 fully saturated rings. The van der Waals surface area contributed by atoms with Crippen molar-refractivity contribution >= 4 is 16.6 Å². The van der Waals surface area contributed by atoms with Crippen LogP contribution in [0.15, 0.2) is 55.1 Å². The number of methoxy groups -OCH3 is 1. The second kappa shape index (κ2) is 5.36. The molecule has 92 valence electrons. The molecular weight excluding hydrogens is 224 g/mol. The zero-order valence-electron chi connectivity index (χ0n) is 10.6. The molecule has 0 aromatic carbocycles. The molecule has 1 N–H and O–H groups in total.